The molecule has 6 rings (SSSR count). The highest BCUT2D eigenvalue weighted by molar-refractivity contribution is 5.87. The van der Waals surface area contributed by atoms with Gasteiger partial charge in [0, 0.05) is 51.9 Å². The summed E-state index contributed by atoms with van der Waals surface area (Å²) in [5.74, 6) is -3.50. The molecule has 4 aliphatic rings. The van der Waals surface area contributed by atoms with Gasteiger partial charge in [0.1, 0.15) is 12.2 Å². The number of amides is 2. The van der Waals surface area contributed by atoms with Crippen LogP contribution >= 0.6 is 0 Å². The summed E-state index contributed by atoms with van der Waals surface area (Å²) >= 11 is 0. The second-order valence-corrected chi connectivity index (χ2v) is 12.6. The van der Waals surface area contributed by atoms with Gasteiger partial charge in [0.15, 0.2) is 11.6 Å². The number of likely N-dealkylation sites (tertiary alicyclic amines) is 1. The SMILES string of the molecule is O=C1C[C@@H]2O[C@H](CN(Cc3ccc(F)c(F)c3)C[C@@H]3CN(CCO3)C(=O)[C@@H]3C[C@@H](CN3Cc3ccc(C(=O)O)cc3)N1)[C@@H](O)[C@H]2O. The summed E-state index contributed by atoms with van der Waals surface area (Å²) in [6.07, 6.45) is -4.74. The van der Waals surface area contributed by atoms with Gasteiger partial charge in [-0.2, -0.15) is 0 Å². The average Bonchev–Trinajstić information content (AvgIpc) is 3.53. The van der Waals surface area contributed by atoms with Crippen molar-refractivity contribution < 1.29 is 48.0 Å². The molecule has 2 aromatic rings. The highest BCUT2D eigenvalue weighted by atomic mass is 19.2. The maximum Gasteiger partial charge on any atom is 0.335 e. The molecule has 0 spiro atoms. The Labute approximate surface area is 264 Å². The molecule has 4 saturated heterocycles. The summed E-state index contributed by atoms with van der Waals surface area (Å²) in [6.45, 7) is 2.16. The normalized spacial score (nSPS) is 31.2. The molecule has 12 nitrogen and oxygen atoms in total. The number of halogens is 2. The summed E-state index contributed by atoms with van der Waals surface area (Å²) in [7, 11) is 0. The number of fused-ring (bicyclic) bond motifs is 6. The second kappa shape index (κ2) is 13.7. The molecule has 2 aromatic carbocycles. The summed E-state index contributed by atoms with van der Waals surface area (Å²) in [4.78, 5) is 44.1. The standard InChI is InChI=1S/C32H38F2N4O8/c33-23-6-3-19(9-24(23)34)12-36-15-22-16-37(7-8-45-22)31(42)25-10-21(14-38(25)13-18-1-4-20(5-2-18)32(43)44)35-28(39)11-26-29(40)30(41)27(17-36)46-26/h1-6,9,21-22,25-27,29-30,40-41H,7-8,10-17H2,(H,35,39)(H,43,44)/t21-,22+,25-,26-,27+,29-,30+/m0/s1. The van der Waals surface area contributed by atoms with Gasteiger partial charge in [-0.05, 0) is 41.8 Å². The van der Waals surface area contributed by atoms with Gasteiger partial charge in [0.2, 0.25) is 11.8 Å². The summed E-state index contributed by atoms with van der Waals surface area (Å²) in [6, 6.07) is 9.11. The fourth-order valence-corrected chi connectivity index (χ4v) is 6.92. The minimum absolute atomic E-state index is 0.100. The zero-order valence-electron chi connectivity index (χ0n) is 25.1. The molecule has 14 heteroatoms. The van der Waals surface area contributed by atoms with Crippen molar-refractivity contribution in [2.24, 2.45) is 0 Å². The van der Waals surface area contributed by atoms with Gasteiger partial charge >= 0.3 is 5.97 Å². The van der Waals surface area contributed by atoms with E-state index in [0.717, 1.165) is 17.7 Å². The minimum Gasteiger partial charge on any atom is -0.478 e. The Hall–Kier alpha value is -3.53. The van der Waals surface area contributed by atoms with Crippen LogP contribution in [0.25, 0.3) is 0 Å². The van der Waals surface area contributed by atoms with Crippen molar-refractivity contribution in [3.05, 3.63) is 70.8 Å². The Balaban J connectivity index is 1.26. The molecule has 0 aromatic heterocycles. The Morgan fingerprint density at radius 1 is 0.913 bits per heavy atom. The van der Waals surface area contributed by atoms with E-state index in [-0.39, 0.29) is 56.7 Å². The number of hydrogen-bond acceptors (Lipinski definition) is 9. The van der Waals surface area contributed by atoms with E-state index < -0.39 is 60.1 Å². The Bertz CT molecular complexity index is 1450. The second-order valence-electron chi connectivity index (χ2n) is 12.6. The lowest BCUT2D eigenvalue weighted by molar-refractivity contribution is -0.145. The van der Waals surface area contributed by atoms with Gasteiger partial charge in [-0.25, -0.2) is 13.6 Å². The molecule has 4 fully saturated rings. The molecule has 2 amide bonds. The van der Waals surface area contributed by atoms with Gasteiger partial charge in [-0.15, -0.1) is 0 Å². The first-order valence-electron chi connectivity index (χ1n) is 15.5. The predicted molar refractivity (Wildman–Crippen MR) is 157 cm³/mol. The van der Waals surface area contributed by atoms with Crippen molar-refractivity contribution in [3.63, 3.8) is 0 Å². The number of aliphatic hydroxyl groups excluding tert-OH is 2. The third-order valence-corrected chi connectivity index (χ3v) is 9.23. The number of ether oxygens (including phenoxy) is 2. The molecular weight excluding hydrogens is 606 g/mol. The van der Waals surface area contributed by atoms with Crippen molar-refractivity contribution in [3.8, 4) is 0 Å². The van der Waals surface area contributed by atoms with Crippen LogP contribution in [0.1, 0.15) is 34.3 Å². The largest absolute Gasteiger partial charge is 0.478 e. The van der Waals surface area contributed by atoms with Gasteiger partial charge < -0.3 is 35.0 Å². The topological polar surface area (TPSA) is 152 Å². The monoisotopic (exact) mass is 644 g/mol. The van der Waals surface area contributed by atoms with Crippen LogP contribution in [0.4, 0.5) is 8.78 Å². The number of carboxylic acids is 1. The predicted octanol–water partition coefficient (Wildman–Crippen LogP) is 0.345. The van der Waals surface area contributed by atoms with E-state index in [4.69, 9.17) is 9.47 Å². The van der Waals surface area contributed by atoms with E-state index in [0.29, 0.717) is 31.6 Å². The molecule has 248 valence electrons. The van der Waals surface area contributed by atoms with Crippen molar-refractivity contribution >= 4 is 17.8 Å². The summed E-state index contributed by atoms with van der Waals surface area (Å²) < 4.78 is 39.7. The van der Waals surface area contributed by atoms with E-state index >= 15 is 0 Å². The zero-order valence-corrected chi connectivity index (χ0v) is 25.1. The molecule has 7 atom stereocenters. The first-order chi connectivity index (χ1) is 22.0. The van der Waals surface area contributed by atoms with Gasteiger partial charge in [-0.1, -0.05) is 18.2 Å². The average molecular weight is 645 g/mol. The smallest absolute Gasteiger partial charge is 0.335 e. The number of aliphatic hydroxyl groups is 2. The van der Waals surface area contributed by atoms with E-state index in [9.17, 15) is 38.5 Å². The lowest BCUT2D eigenvalue weighted by Crippen LogP contribution is -2.54. The Morgan fingerprint density at radius 2 is 1.65 bits per heavy atom. The lowest BCUT2D eigenvalue weighted by Gasteiger charge is -2.38. The quantitative estimate of drug-likeness (QED) is 0.359. The van der Waals surface area contributed by atoms with Crippen LogP contribution in [0.3, 0.4) is 0 Å². The van der Waals surface area contributed by atoms with Crippen LogP contribution in [0.2, 0.25) is 0 Å². The fourth-order valence-electron chi connectivity index (χ4n) is 6.92. The van der Waals surface area contributed by atoms with Crippen LogP contribution in [0, 0.1) is 11.6 Å². The molecule has 6 bridgehead atoms. The zero-order chi connectivity index (χ0) is 32.5. The van der Waals surface area contributed by atoms with E-state index in [2.05, 4.69) is 5.32 Å². The van der Waals surface area contributed by atoms with Gasteiger partial charge in [-0.3, -0.25) is 19.4 Å². The van der Waals surface area contributed by atoms with Gasteiger partial charge in [0.25, 0.3) is 0 Å². The number of aromatic carboxylic acids is 1. The van der Waals surface area contributed by atoms with Crippen molar-refractivity contribution in [2.75, 3.05) is 39.3 Å². The molecule has 0 radical (unpaired) electrons. The van der Waals surface area contributed by atoms with Crippen LogP contribution in [0.15, 0.2) is 42.5 Å². The number of nitrogens with zero attached hydrogens (tertiary/aromatic N) is 3. The molecular formula is C32H38F2N4O8. The minimum atomic E-state index is -1.32. The maximum absolute atomic E-state index is 14.1. The molecule has 4 heterocycles. The first kappa shape index (κ1) is 32.4. The molecule has 46 heavy (non-hydrogen) atoms. The molecule has 0 unspecified atom stereocenters. The highest BCUT2D eigenvalue weighted by Crippen LogP contribution is 2.28. The van der Waals surface area contributed by atoms with Crippen molar-refractivity contribution in [1.29, 1.82) is 0 Å². The van der Waals surface area contributed by atoms with Crippen LogP contribution < -0.4 is 5.32 Å². The van der Waals surface area contributed by atoms with E-state index in [1.54, 1.807) is 17.0 Å². The fraction of sp³-hybridized carbons (Fsp3) is 0.531. The number of hydrogen-bond donors (Lipinski definition) is 4. The third kappa shape index (κ3) is 7.22. The first-order valence-corrected chi connectivity index (χ1v) is 15.5. The van der Waals surface area contributed by atoms with Gasteiger partial charge in [0.05, 0.1) is 42.9 Å². The number of morpholine rings is 1. The van der Waals surface area contributed by atoms with E-state index in [1.165, 1.54) is 18.2 Å². The Kier molecular flexibility index (Phi) is 9.64. The number of benzene rings is 2. The number of carbonyl (C=O) groups is 3. The Morgan fingerprint density at radius 3 is 2.39 bits per heavy atom. The molecule has 4 N–H and O–H groups in total. The van der Waals surface area contributed by atoms with Crippen LogP contribution in [-0.2, 0) is 32.2 Å². The van der Waals surface area contributed by atoms with Crippen LogP contribution in [-0.4, -0.2) is 130 Å². The lowest BCUT2D eigenvalue weighted by atomic mass is 10.0. The van der Waals surface area contributed by atoms with Crippen molar-refractivity contribution in [2.45, 2.75) is 68.5 Å². The third-order valence-electron chi connectivity index (χ3n) is 9.23. The number of carbonyl (C=O) groups excluding carboxylic acids is 2. The molecule has 0 aliphatic carbocycles. The molecule has 0 saturated carbocycles. The number of carboxylic acid groups (broad SMARTS) is 1. The van der Waals surface area contributed by atoms with Crippen molar-refractivity contribution in [1.82, 2.24) is 20.0 Å². The number of rotatable bonds is 5. The number of nitrogens with one attached hydrogen (secondary N) is 1. The van der Waals surface area contributed by atoms with Crippen LogP contribution in [0.5, 0.6) is 0 Å². The summed E-state index contributed by atoms with van der Waals surface area (Å²) in [5.41, 5.74) is 1.45. The molecule has 4 aliphatic heterocycles. The summed E-state index contributed by atoms with van der Waals surface area (Å²) in [5, 5.41) is 33.9. The van der Waals surface area contributed by atoms with E-state index in [1.807, 2.05) is 9.80 Å². The highest BCUT2D eigenvalue weighted by Gasteiger charge is 2.46. The maximum atomic E-state index is 14.1.